The topological polar surface area (TPSA) is 45.7 Å². The smallest absolute Gasteiger partial charge is 0.266 e. The third kappa shape index (κ3) is 5.85. The molecule has 8 heteroatoms. The van der Waals surface area contributed by atoms with E-state index in [-0.39, 0.29) is 24.9 Å². The summed E-state index contributed by atoms with van der Waals surface area (Å²) in [5, 5.41) is 0.715. The van der Waals surface area contributed by atoms with E-state index >= 15 is 0 Å². The minimum absolute atomic E-state index is 0. The second-order valence-electron chi connectivity index (χ2n) is 6.28. The molecule has 0 spiro atoms. The highest BCUT2D eigenvalue weighted by Crippen LogP contribution is 2.31. The number of thioether (sulfide) groups is 1. The highest BCUT2D eigenvalue weighted by molar-refractivity contribution is 7.98. The van der Waals surface area contributed by atoms with Gasteiger partial charge >= 0.3 is 0 Å². The monoisotopic (exact) mass is 437 g/mol. The second kappa shape index (κ2) is 10.7. The molecule has 0 radical (unpaired) electrons. The van der Waals surface area contributed by atoms with Gasteiger partial charge in [-0.05, 0) is 50.7 Å². The van der Waals surface area contributed by atoms with Gasteiger partial charge in [0.2, 0.25) is 0 Å². The van der Waals surface area contributed by atoms with Gasteiger partial charge in [0.15, 0.2) is 11.7 Å². The summed E-state index contributed by atoms with van der Waals surface area (Å²) in [4.78, 5) is 22.5. The van der Waals surface area contributed by atoms with E-state index in [1.54, 1.807) is 28.0 Å². The van der Waals surface area contributed by atoms with Crippen molar-refractivity contribution >= 4 is 56.8 Å². The quantitative estimate of drug-likeness (QED) is 0.488. The van der Waals surface area contributed by atoms with Crippen LogP contribution >= 0.6 is 35.5 Å². The van der Waals surface area contributed by atoms with Crippen LogP contribution in [0, 0.1) is 0 Å². The highest BCUT2D eigenvalue weighted by atomic mass is 35.5. The first-order chi connectivity index (χ1) is 13.1. The lowest BCUT2D eigenvalue weighted by molar-refractivity contribution is -0.120. The highest BCUT2D eigenvalue weighted by Gasteiger charge is 2.20. The van der Waals surface area contributed by atoms with E-state index in [9.17, 15) is 4.79 Å². The molecule has 0 atom stereocenters. The lowest BCUT2D eigenvalue weighted by Gasteiger charge is -2.22. The molecule has 1 aromatic heterocycles. The van der Waals surface area contributed by atoms with Crippen LogP contribution in [0.3, 0.4) is 0 Å². The summed E-state index contributed by atoms with van der Waals surface area (Å²) in [5.41, 5.74) is 0.916. The van der Waals surface area contributed by atoms with Gasteiger partial charge in [-0.1, -0.05) is 29.5 Å². The predicted molar refractivity (Wildman–Crippen MR) is 121 cm³/mol. The zero-order chi connectivity index (χ0) is 19.2. The number of hydrogen-bond donors (Lipinski definition) is 0. The van der Waals surface area contributed by atoms with Crippen LogP contribution in [0.2, 0.25) is 0 Å². The zero-order valence-electron chi connectivity index (χ0n) is 16.1. The van der Waals surface area contributed by atoms with E-state index in [0.29, 0.717) is 17.4 Å². The summed E-state index contributed by atoms with van der Waals surface area (Å²) in [6.07, 6.45) is 2.05. The molecule has 3 rings (SSSR count). The Balaban J connectivity index is 0.00000280. The first-order valence-corrected chi connectivity index (χ1v) is 10.7. The molecular formula is C20H24ClN3O2S2. The second-order valence-corrected chi connectivity index (χ2v) is 8.17. The summed E-state index contributed by atoms with van der Waals surface area (Å²) in [6.45, 7) is 1.31. The summed E-state index contributed by atoms with van der Waals surface area (Å²) < 4.78 is 6.74. The fourth-order valence-corrected chi connectivity index (χ4v) is 4.06. The molecule has 2 aromatic carbocycles. The zero-order valence-corrected chi connectivity index (χ0v) is 18.6. The number of amides is 1. The van der Waals surface area contributed by atoms with Crippen molar-refractivity contribution in [2.24, 2.45) is 0 Å². The van der Waals surface area contributed by atoms with Gasteiger partial charge in [-0.15, -0.1) is 24.2 Å². The number of aromatic nitrogens is 1. The molecule has 0 aliphatic carbocycles. The van der Waals surface area contributed by atoms with Gasteiger partial charge in [-0.3, -0.25) is 9.69 Å². The lowest BCUT2D eigenvalue weighted by atomic mass is 10.3. The number of para-hydroxylation sites is 1. The summed E-state index contributed by atoms with van der Waals surface area (Å²) in [6, 6.07) is 15.6. The number of anilines is 1. The SMILES string of the molecule is CSc1ccc2nc(N(CCN(C)C)C(=O)COc3ccccc3)sc2c1.Cl. The first kappa shape index (κ1) is 22.5. The number of fused-ring (bicyclic) bond motifs is 1. The Kier molecular flexibility index (Phi) is 8.57. The Bertz CT molecular complexity index is 903. The largest absolute Gasteiger partial charge is 0.484 e. The number of likely N-dealkylation sites (N-methyl/N-ethyl adjacent to an activating group) is 1. The maximum absolute atomic E-state index is 12.9. The molecule has 5 nitrogen and oxygen atoms in total. The minimum atomic E-state index is -0.0927. The Morgan fingerprint density at radius 2 is 1.89 bits per heavy atom. The van der Waals surface area contributed by atoms with Crippen molar-refractivity contribution in [3.63, 3.8) is 0 Å². The van der Waals surface area contributed by atoms with Crippen molar-refractivity contribution in [1.82, 2.24) is 9.88 Å². The Labute approximate surface area is 180 Å². The Hall–Kier alpha value is -1.80. The average molecular weight is 438 g/mol. The summed E-state index contributed by atoms with van der Waals surface area (Å²) >= 11 is 3.24. The van der Waals surface area contributed by atoms with Crippen molar-refractivity contribution < 1.29 is 9.53 Å². The molecule has 0 aliphatic heterocycles. The van der Waals surface area contributed by atoms with E-state index < -0.39 is 0 Å². The van der Waals surface area contributed by atoms with Gasteiger partial charge in [0.25, 0.3) is 5.91 Å². The molecule has 0 aliphatic rings. The molecule has 0 N–H and O–H groups in total. The van der Waals surface area contributed by atoms with Crippen LogP contribution in [0.4, 0.5) is 5.13 Å². The number of carbonyl (C=O) groups excluding carboxylic acids is 1. The molecule has 28 heavy (non-hydrogen) atoms. The summed E-state index contributed by atoms with van der Waals surface area (Å²) in [7, 11) is 3.98. The van der Waals surface area contributed by atoms with E-state index in [4.69, 9.17) is 4.74 Å². The number of ether oxygens (including phenoxy) is 1. The molecule has 3 aromatic rings. The first-order valence-electron chi connectivity index (χ1n) is 8.64. The molecular weight excluding hydrogens is 414 g/mol. The molecule has 0 saturated heterocycles. The van der Waals surface area contributed by atoms with Crippen LogP contribution < -0.4 is 9.64 Å². The number of rotatable bonds is 8. The predicted octanol–water partition coefficient (Wildman–Crippen LogP) is 4.41. The normalized spacial score (nSPS) is 10.7. The molecule has 0 unspecified atom stereocenters. The average Bonchev–Trinajstić information content (AvgIpc) is 3.09. The standard InChI is InChI=1S/C20H23N3O2S2.ClH/c1-22(2)11-12-23(19(24)14-25-15-7-5-4-6-8-15)20-21-17-10-9-16(26-3)13-18(17)27-20;/h4-10,13H,11-12,14H2,1-3H3;1H. The van der Waals surface area contributed by atoms with Crippen LogP contribution in [0.25, 0.3) is 10.2 Å². The van der Waals surface area contributed by atoms with Gasteiger partial charge in [-0.25, -0.2) is 4.98 Å². The van der Waals surface area contributed by atoms with Gasteiger partial charge in [0.1, 0.15) is 5.75 Å². The molecule has 0 fully saturated rings. The number of benzene rings is 2. The maximum Gasteiger partial charge on any atom is 0.266 e. The van der Waals surface area contributed by atoms with Crippen molar-refractivity contribution in [3.8, 4) is 5.75 Å². The molecule has 1 amide bonds. The van der Waals surface area contributed by atoms with Crippen LogP contribution in [-0.4, -0.2) is 55.8 Å². The third-order valence-corrected chi connectivity index (χ3v) is 5.76. The minimum Gasteiger partial charge on any atom is -0.484 e. The van der Waals surface area contributed by atoms with E-state index in [2.05, 4.69) is 28.3 Å². The van der Waals surface area contributed by atoms with Gasteiger partial charge in [0, 0.05) is 18.0 Å². The lowest BCUT2D eigenvalue weighted by Crippen LogP contribution is -2.39. The van der Waals surface area contributed by atoms with Crippen LogP contribution in [0.5, 0.6) is 5.75 Å². The molecule has 0 bridgehead atoms. The molecule has 150 valence electrons. The van der Waals surface area contributed by atoms with Gasteiger partial charge in [-0.2, -0.15) is 0 Å². The van der Waals surface area contributed by atoms with E-state index in [1.165, 1.54) is 4.90 Å². The van der Waals surface area contributed by atoms with E-state index in [1.807, 2.05) is 50.5 Å². The van der Waals surface area contributed by atoms with Crippen molar-refractivity contribution in [1.29, 1.82) is 0 Å². The molecule has 1 heterocycles. The van der Waals surface area contributed by atoms with E-state index in [0.717, 1.165) is 16.8 Å². The number of nitrogens with zero attached hydrogens (tertiary/aromatic N) is 3. The molecule has 0 saturated carbocycles. The number of hydrogen-bond acceptors (Lipinski definition) is 6. The number of thiazole rings is 1. The fraction of sp³-hybridized carbons (Fsp3) is 0.300. The number of halogens is 1. The number of carbonyl (C=O) groups is 1. The van der Waals surface area contributed by atoms with Crippen LogP contribution in [0.1, 0.15) is 0 Å². The maximum atomic E-state index is 12.9. The van der Waals surface area contributed by atoms with Crippen molar-refractivity contribution in [3.05, 3.63) is 48.5 Å². The van der Waals surface area contributed by atoms with Gasteiger partial charge in [0.05, 0.1) is 10.2 Å². The van der Waals surface area contributed by atoms with Crippen LogP contribution in [0.15, 0.2) is 53.4 Å². The summed E-state index contributed by atoms with van der Waals surface area (Å²) in [5.74, 6) is 0.595. The van der Waals surface area contributed by atoms with Crippen molar-refractivity contribution in [2.75, 3.05) is 44.9 Å². The third-order valence-electron chi connectivity index (χ3n) is 3.99. The van der Waals surface area contributed by atoms with Crippen LogP contribution in [-0.2, 0) is 4.79 Å². The van der Waals surface area contributed by atoms with Crippen molar-refractivity contribution in [2.45, 2.75) is 4.90 Å². The Morgan fingerprint density at radius 3 is 2.57 bits per heavy atom. The Morgan fingerprint density at radius 1 is 1.14 bits per heavy atom. The fourth-order valence-electron chi connectivity index (χ4n) is 2.50. The van der Waals surface area contributed by atoms with Gasteiger partial charge < -0.3 is 9.64 Å².